The second-order valence-corrected chi connectivity index (χ2v) is 8.06. The number of carbonyl (C=O) groups is 3. The van der Waals surface area contributed by atoms with Crippen LogP contribution in [0.25, 0.3) is 0 Å². The second-order valence-electron chi connectivity index (χ2n) is 8.06. The number of amides is 3. The van der Waals surface area contributed by atoms with Crippen LogP contribution in [0.4, 0.5) is 0 Å². The van der Waals surface area contributed by atoms with E-state index in [4.69, 9.17) is 0 Å². The van der Waals surface area contributed by atoms with Crippen LogP contribution in [0.1, 0.15) is 44.1 Å². The molecular formula is C22H32N4O4. The van der Waals surface area contributed by atoms with E-state index in [0.29, 0.717) is 25.9 Å². The van der Waals surface area contributed by atoms with Crippen LogP contribution in [0.2, 0.25) is 0 Å². The fourth-order valence-electron chi connectivity index (χ4n) is 4.04. The van der Waals surface area contributed by atoms with Crippen LogP contribution in [-0.4, -0.2) is 66.0 Å². The van der Waals surface area contributed by atoms with Crippen molar-refractivity contribution in [3.63, 3.8) is 0 Å². The number of fused-ring (bicyclic) bond motifs is 1. The molecule has 8 heteroatoms. The molecule has 2 aliphatic rings. The standard InChI is InChI=1S/C22H32N4O4/c27-17-9-7-16(8-10-17)14-18-21(29)24-12-4-2-1-3-11-23-15-20(28)26-13-5-6-19(26)22(30)25-18/h7-10,18-19,23,27H,1-6,11-15H2,(H,24,29)(H,25,30)/t18-,19-/m0/s1. The number of phenolic OH excluding ortho intramolecular Hbond substituents is 1. The maximum atomic E-state index is 13.0. The Hall–Kier alpha value is -2.61. The Labute approximate surface area is 177 Å². The highest BCUT2D eigenvalue weighted by Crippen LogP contribution is 2.18. The lowest BCUT2D eigenvalue weighted by atomic mass is 10.0. The van der Waals surface area contributed by atoms with Gasteiger partial charge in [-0.25, -0.2) is 0 Å². The van der Waals surface area contributed by atoms with Gasteiger partial charge < -0.3 is 26.0 Å². The van der Waals surface area contributed by atoms with Crippen molar-refractivity contribution < 1.29 is 19.5 Å². The van der Waals surface area contributed by atoms with Crippen LogP contribution in [0.3, 0.4) is 0 Å². The fourth-order valence-corrected chi connectivity index (χ4v) is 4.04. The van der Waals surface area contributed by atoms with E-state index in [0.717, 1.165) is 44.2 Å². The fraction of sp³-hybridized carbons (Fsp3) is 0.591. The van der Waals surface area contributed by atoms with Gasteiger partial charge in [0.15, 0.2) is 0 Å². The van der Waals surface area contributed by atoms with Gasteiger partial charge in [0, 0.05) is 19.5 Å². The molecule has 1 aromatic carbocycles. The molecule has 164 valence electrons. The number of rotatable bonds is 2. The van der Waals surface area contributed by atoms with Crippen molar-refractivity contribution in [2.75, 3.05) is 26.2 Å². The summed E-state index contributed by atoms with van der Waals surface area (Å²) >= 11 is 0. The lowest BCUT2D eigenvalue weighted by molar-refractivity contribution is -0.138. The highest BCUT2D eigenvalue weighted by Gasteiger charge is 2.35. The predicted octanol–water partition coefficient (Wildman–Crippen LogP) is 0.690. The summed E-state index contributed by atoms with van der Waals surface area (Å²) in [6, 6.07) is 5.34. The molecule has 0 saturated carbocycles. The number of nitrogens with zero attached hydrogens (tertiary/aromatic N) is 1. The maximum absolute atomic E-state index is 13.0. The zero-order chi connectivity index (χ0) is 21.3. The normalized spacial score (nSPS) is 24.8. The quantitative estimate of drug-likeness (QED) is 0.567. The van der Waals surface area contributed by atoms with Crippen molar-refractivity contribution >= 4 is 17.7 Å². The highest BCUT2D eigenvalue weighted by molar-refractivity contribution is 5.92. The van der Waals surface area contributed by atoms with E-state index in [1.165, 1.54) is 0 Å². The van der Waals surface area contributed by atoms with Gasteiger partial charge in [-0.2, -0.15) is 0 Å². The summed E-state index contributed by atoms with van der Waals surface area (Å²) in [5.74, 6) is -0.425. The van der Waals surface area contributed by atoms with E-state index in [1.807, 2.05) is 0 Å². The number of hydrogen-bond donors (Lipinski definition) is 4. The van der Waals surface area contributed by atoms with E-state index >= 15 is 0 Å². The van der Waals surface area contributed by atoms with Crippen LogP contribution in [-0.2, 0) is 20.8 Å². The molecule has 3 rings (SSSR count). The molecule has 1 aromatic rings. The van der Waals surface area contributed by atoms with Gasteiger partial charge in [0.1, 0.15) is 17.8 Å². The Morgan fingerprint density at radius 1 is 0.933 bits per heavy atom. The number of aromatic hydroxyl groups is 1. The average molecular weight is 417 g/mol. The molecule has 2 saturated heterocycles. The summed E-state index contributed by atoms with van der Waals surface area (Å²) < 4.78 is 0. The van der Waals surface area contributed by atoms with Gasteiger partial charge >= 0.3 is 0 Å². The number of carbonyl (C=O) groups excluding carboxylic acids is 3. The van der Waals surface area contributed by atoms with E-state index in [2.05, 4.69) is 16.0 Å². The minimum Gasteiger partial charge on any atom is -0.508 e. The van der Waals surface area contributed by atoms with Crippen molar-refractivity contribution in [2.45, 2.75) is 57.0 Å². The molecule has 3 amide bonds. The molecule has 0 aliphatic carbocycles. The highest BCUT2D eigenvalue weighted by atomic mass is 16.3. The van der Waals surface area contributed by atoms with Gasteiger partial charge in [-0.15, -0.1) is 0 Å². The number of nitrogens with one attached hydrogen (secondary N) is 3. The molecule has 30 heavy (non-hydrogen) atoms. The van der Waals surface area contributed by atoms with Gasteiger partial charge in [0.05, 0.1) is 6.54 Å². The van der Waals surface area contributed by atoms with Crippen molar-refractivity contribution in [3.05, 3.63) is 29.8 Å². The van der Waals surface area contributed by atoms with Crippen LogP contribution in [0, 0.1) is 0 Å². The first-order valence-corrected chi connectivity index (χ1v) is 10.9. The third kappa shape index (κ3) is 6.19. The van der Waals surface area contributed by atoms with Crippen LogP contribution in [0.15, 0.2) is 24.3 Å². The predicted molar refractivity (Wildman–Crippen MR) is 113 cm³/mol. The molecule has 4 N–H and O–H groups in total. The first kappa shape index (κ1) is 22.1. The topological polar surface area (TPSA) is 111 Å². The lowest BCUT2D eigenvalue weighted by Crippen LogP contribution is -2.54. The van der Waals surface area contributed by atoms with Crippen LogP contribution in [0.5, 0.6) is 5.75 Å². The first-order valence-electron chi connectivity index (χ1n) is 10.9. The molecule has 2 heterocycles. The molecule has 2 aliphatic heterocycles. The molecule has 0 unspecified atom stereocenters. The summed E-state index contributed by atoms with van der Waals surface area (Å²) in [5, 5.41) is 18.5. The van der Waals surface area contributed by atoms with Crippen molar-refractivity contribution in [3.8, 4) is 5.75 Å². The Balaban J connectivity index is 1.74. The average Bonchev–Trinajstić information content (AvgIpc) is 3.23. The third-order valence-electron chi connectivity index (χ3n) is 5.74. The molecule has 2 atom stereocenters. The second kappa shape index (κ2) is 11.0. The van der Waals surface area contributed by atoms with Crippen molar-refractivity contribution in [1.29, 1.82) is 0 Å². The van der Waals surface area contributed by atoms with Crippen molar-refractivity contribution in [1.82, 2.24) is 20.9 Å². The number of benzene rings is 1. The van der Waals surface area contributed by atoms with Gasteiger partial charge in [-0.1, -0.05) is 25.0 Å². The van der Waals surface area contributed by atoms with Gasteiger partial charge in [0.25, 0.3) is 0 Å². The summed E-state index contributed by atoms with van der Waals surface area (Å²) in [6.07, 6.45) is 5.59. The SMILES string of the molecule is O=C1NCCCCCCNCC(=O)N2CCC[C@H]2C(=O)N[C@H]1Cc1ccc(O)cc1. The van der Waals surface area contributed by atoms with E-state index in [-0.39, 0.29) is 30.0 Å². The number of phenols is 1. The molecule has 0 bridgehead atoms. The zero-order valence-corrected chi connectivity index (χ0v) is 17.4. The Bertz CT molecular complexity index is 737. The van der Waals surface area contributed by atoms with Crippen molar-refractivity contribution in [2.24, 2.45) is 0 Å². The van der Waals surface area contributed by atoms with Crippen LogP contribution >= 0.6 is 0 Å². The monoisotopic (exact) mass is 416 g/mol. The maximum Gasteiger partial charge on any atom is 0.243 e. The summed E-state index contributed by atoms with van der Waals surface area (Å²) in [4.78, 5) is 40.0. The number of hydrogen-bond acceptors (Lipinski definition) is 5. The lowest BCUT2D eigenvalue weighted by Gasteiger charge is -2.27. The minimum absolute atomic E-state index is 0.0701. The Morgan fingerprint density at radius 3 is 2.43 bits per heavy atom. The largest absolute Gasteiger partial charge is 0.508 e. The Kier molecular flexibility index (Phi) is 8.07. The van der Waals surface area contributed by atoms with E-state index in [9.17, 15) is 19.5 Å². The zero-order valence-electron chi connectivity index (χ0n) is 17.4. The molecule has 0 aromatic heterocycles. The molecule has 8 nitrogen and oxygen atoms in total. The summed E-state index contributed by atoms with van der Waals surface area (Å²) in [5.41, 5.74) is 0.839. The smallest absolute Gasteiger partial charge is 0.243 e. The first-order chi connectivity index (χ1) is 14.5. The molecule has 0 spiro atoms. The minimum atomic E-state index is -0.731. The van der Waals surface area contributed by atoms with Gasteiger partial charge in [-0.3, -0.25) is 14.4 Å². The molecular weight excluding hydrogens is 384 g/mol. The third-order valence-corrected chi connectivity index (χ3v) is 5.74. The van der Waals surface area contributed by atoms with Crippen LogP contribution < -0.4 is 16.0 Å². The summed E-state index contributed by atoms with van der Waals surface area (Å²) in [7, 11) is 0. The Morgan fingerprint density at radius 2 is 1.67 bits per heavy atom. The van der Waals surface area contributed by atoms with Gasteiger partial charge in [-0.05, 0) is 49.9 Å². The van der Waals surface area contributed by atoms with E-state index in [1.54, 1.807) is 29.2 Å². The molecule has 2 fully saturated rings. The van der Waals surface area contributed by atoms with E-state index < -0.39 is 12.1 Å². The molecule has 0 radical (unpaired) electrons. The van der Waals surface area contributed by atoms with Gasteiger partial charge in [0.2, 0.25) is 17.7 Å². The summed E-state index contributed by atoms with van der Waals surface area (Å²) in [6.45, 7) is 2.15.